The van der Waals surface area contributed by atoms with E-state index in [1.54, 1.807) is 18.0 Å². The third-order valence-corrected chi connectivity index (χ3v) is 4.81. The molecule has 1 amide bonds. The number of piperidine rings is 2. The van der Waals surface area contributed by atoms with Gasteiger partial charge in [0.2, 0.25) is 0 Å². The van der Waals surface area contributed by atoms with Crippen LogP contribution >= 0.6 is 0 Å². The minimum absolute atomic E-state index is 0.161. The maximum absolute atomic E-state index is 12.5. The molecule has 0 saturated carbocycles. The number of hydrogen-bond donors (Lipinski definition) is 0. The Hall–Kier alpha value is -2.03. The van der Waals surface area contributed by atoms with Crippen molar-refractivity contribution in [3.63, 3.8) is 0 Å². The monoisotopic (exact) mass is 333 g/mol. The van der Waals surface area contributed by atoms with Crippen LogP contribution in [-0.4, -0.2) is 54.5 Å². The van der Waals surface area contributed by atoms with E-state index in [9.17, 15) is 14.9 Å². The molecule has 0 N–H and O–H groups in total. The predicted molar refractivity (Wildman–Crippen MR) is 89.6 cm³/mol. The first kappa shape index (κ1) is 18.3. The van der Waals surface area contributed by atoms with Gasteiger partial charge in [-0.1, -0.05) is 6.92 Å². The third kappa shape index (κ3) is 4.73. The van der Waals surface area contributed by atoms with Crippen LogP contribution in [0.15, 0.2) is 11.8 Å². The van der Waals surface area contributed by atoms with Crippen molar-refractivity contribution in [3.05, 3.63) is 11.8 Å². The lowest BCUT2D eigenvalue weighted by atomic mass is 9.98. The normalized spacial score (nSPS) is 22.9. The third-order valence-electron chi connectivity index (χ3n) is 4.81. The number of ether oxygens (including phenoxy) is 1. The molecule has 2 aliphatic heterocycles. The number of rotatable bonds is 4. The summed E-state index contributed by atoms with van der Waals surface area (Å²) in [7, 11) is 0. The first-order chi connectivity index (χ1) is 11.5. The van der Waals surface area contributed by atoms with Crippen molar-refractivity contribution in [2.24, 2.45) is 11.8 Å². The molecule has 1 unspecified atom stereocenters. The van der Waals surface area contributed by atoms with Gasteiger partial charge in [-0.05, 0) is 38.5 Å². The SMILES string of the molecule is CCOC(=O)C1CCCN(/C=C(/C#N)C(=O)N2CCC(C)CC2)C1. The van der Waals surface area contributed by atoms with Crippen molar-refractivity contribution in [3.8, 4) is 6.07 Å². The maximum atomic E-state index is 12.5. The van der Waals surface area contributed by atoms with Crippen LogP contribution in [0.3, 0.4) is 0 Å². The molecule has 0 aromatic rings. The Morgan fingerprint density at radius 2 is 1.96 bits per heavy atom. The average molecular weight is 333 g/mol. The first-order valence-electron chi connectivity index (χ1n) is 8.87. The zero-order valence-electron chi connectivity index (χ0n) is 14.7. The fourth-order valence-electron chi connectivity index (χ4n) is 3.27. The molecule has 0 aromatic heterocycles. The van der Waals surface area contributed by atoms with E-state index in [1.807, 2.05) is 11.0 Å². The van der Waals surface area contributed by atoms with Crippen molar-refractivity contribution in [1.82, 2.24) is 9.80 Å². The number of likely N-dealkylation sites (tertiary alicyclic amines) is 2. The highest BCUT2D eigenvalue weighted by Gasteiger charge is 2.28. The van der Waals surface area contributed by atoms with Gasteiger partial charge in [-0.3, -0.25) is 9.59 Å². The summed E-state index contributed by atoms with van der Waals surface area (Å²) in [6.07, 6.45) is 5.25. The van der Waals surface area contributed by atoms with Crippen molar-refractivity contribution in [2.45, 2.75) is 39.5 Å². The summed E-state index contributed by atoms with van der Waals surface area (Å²) in [6.45, 7) is 7.05. The van der Waals surface area contributed by atoms with Gasteiger partial charge in [-0.25, -0.2) is 0 Å². The minimum Gasteiger partial charge on any atom is -0.466 e. The zero-order chi connectivity index (χ0) is 17.5. The second kappa shape index (κ2) is 8.72. The topological polar surface area (TPSA) is 73.6 Å². The highest BCUT2D eigenvalue weighted by molar-refractivity contribution is 5.97. The summed E-state index contributed by atoms with van der Waals surface area (Å²) in [5.41, 5.74) is 0.161. The Bertz CT molecular complexity index is 530. The molecule has 0 bridgehead atoms. The van der Waals surface area contributed by atoms with Gasteiger partial charge in [0.15, 0.2) is 0 Å². The van der Waals surface area contributed by atoms with Gasteiger partial charge >= 0.3 is 5.97 Å². The molecule has 2 aliphatic rings. The lowest BCUT2D eigenvalue weighted by molar-refractivity contribution is -0.149. The fourth-order valence-corrected chi connectivity index (χ4v) is 3.27. The summed E-state index contributed by atoms with van der Waals surface area (Å²) in [5, 5.41) is 9.38. The van der Waals surface area contributed by atoms with Crippen LogP contribution in [0, 0.1) is 23.2 Å². The molecule has 0 spiro atoms. The van der Waals surface area contributed by atoms with E-state index >= 15 is 0 Å². The quantitative estimate of drug-likeness (QED) is 0.446. The van der Waals surface area contributed by atoms with E-state index in [0.717, 1.165) is 32.2 Å². The van der Waals surface area contributed by atoms with Crippen molar-refractivity contribution in [2.75, 3.05) is 32.8 Å². The molecule has 6 heteroatoms. The lowest BCUT2D eigenvalue weighted by Crippen LogP contribution is -2.40. The molecule has 2 heterocycles. The Balaban J connectivity index is 2.00. The summed E-state index contributed by atoms with van der Waals surface area (Å²) in [6, 6.07) is 2.04. The van der Waals surface area contributed by atoms with E-state index < -0.39 is 0 Å². The number of amides is 1. The number of nitrogens with zero attached hydrogens (tertiary/aromatic N) is 3. The van der Waals surface area contributed by atoms with Crippen LogP contribution in [0.5, 0.6) is 0 Å². The van der Waals surface area contributed by atoms with Gasteiger partial charge in [0.25, 0.3) is 5.91 Å². The molecular formula is C18H27N3O3. The Morgan fingerprint density at radius 1 is 1.25 bits per heavy atom. The highest BCUT2D eigenvalue weighted by Crippen LogP contribution is 2.21. The Kier molecular flexibility index (Phi) is 6.65. The molecule has 2 fully saturated rings. The molecule has 6 nitrogen and oxygen atoms in total. The second-order valence-electron chi connectivity index (χ2n) is 6.72. The standard InChI is InChI=1S/C18H27N3O3/c1-3-24-18(23)15-5-4-8-20(12-15)13-16(11-19)17(22)21-9-6-14(2)7-10-21/h13-15H,3-10,12H2,1-2H3/b16-13-. The predicted octanol–water partition coefficient (Wildman–Crippen LogP) is 1.93. The van der Waals surface area contributed by atoms with Crippen molar-refractivity contribution in [1.29, 1.82) is 5.26 Å². The van der Waals surface area contributed by atoms with E-state index in [2.05, 4.69) is 6.92 Å². The van der Waals surface area contributed by atoms with Crippen LogP contribution in [-0.2, 0) is 14.3 Å². The van der Waals surface area contributed by atoms with Crippen LogP contribution < -0.4 is 0 Å². The van der Waals surface area contributed by atoms with Crippen LogP contribution in [0.4, 0.5) is 0 Å². The smallest absolute Gasteiger partial charge is 0.310 e. The largest absolute Gasteiger partial charge is 0.466 e. The zero-order valence-corrected chi connectivity index (χ0v) is 14.7. The van der Waals surface area contributed by atoms with E-state index in [4.69, 9.17) is 4.74 Å². The van der Waals surface area contributed by atoms with Gasteiger partial charge in [0.05, 0.1) is 12.5 Å². The molecule has 2 rings (SSSR count). The molecule has 2 saturated heterocycles. The summed E-state index contributed by atoms with van der Waals surface area (Å²) in [5.74, 6) is 0.0740. The highest BCUT2D eigenvalue weighted by atomic mass is 16.5. The maximum Gasteiger partial charge on any atom is 0.310 e. The molecule has 0 aliphatic carbocycles. The number of carbonyl (C=O) groups excluding carboxylic acids is 2. The second-order valence-corrected chi connectivity index (χ2v) is 6.72. The van der Waals surface area contributed by atoms with Gasteiger partial charge in [-0.15, -0.1) is 0 Å². The van der Waals surface area contributed by atoms with E-state index in [0.29, 0.717) is 32.2 Å². The van der Waals surface area contributed by atoms with Gasteiger partial charge in [-0.2, -0.15) is 5.26 Å². The van der Waals surface area contributed by atoms with Crippen LogP contribution in [0.1, 0.15) is 39.5 Å². The molecule has 132 valence electrons. The summed E-state index contributed by atoms with van der Waals surface area (Å²) < 4.78 is 5.09. The Morgan fingerprint density at radius 3 is 2.58 bits per heavy atom. The van der Waals surface area contributed by atoms with Crippen LogP contribution in [0.2, 0.25) is 0 Å². The molecular weight excluding hydrogens is 306 g/mol. The van der Waals surface area contributed by atoms with Gasteiger partial charge < -0.3 is 14.5 Å². The van der Waals surface area contributed by atoms with Crippen molar-refractivity contribution >= 4 is 11.9 Å². The molecule has 24 heavy (non-hydrogen) atoms. The van der Waals surface area contributed by atoms with Crippen molar-refractivity contribution < 1.29 is 14.3 Å². The first-order valence-corrected chi connectivity index (χ1v) is 8.87. The van der Waals surface area contributed by atoms with E-state index in [1.165, 1.54) is 0 Å². The Labute approximate surface area is 144 Å². The number of carbonyl (C=O) groups is 2. The fraction of sp³-hybridized carbons (Fsp3) is 0.722. The van der Waals surface area contributed by atoms with Gasteiger partial charge in [0, 0.05) is 32.4 Å². The molecule has 0 radical (unpaired) electrons. The summed E-state index contributed by atoms with van der Waals surface area (Å²) >= 11 is 0. The average Bonchev–Trinajstić information content (AvgIpc) is 2.60. The molecule has 1 atom stereocenters. The number of nitriles is 1. The van der Waals surface area contributed by atoms with Crippen LogP contribution in [0.25, 0.3) is 0 Å². The van der Waals surface area contributed by atoms with Gasteiger partial charge in [0.1, 0.15) is 11.6 Å². The lowest BCUT2D eigenvalue weighted by Gasteiger charge is -2.32. The molecule has 0 aromatic carbocycles. The summed E-state index contributed by atoms with van der Waals surface area (Å²) in [4.78, 5) is 28.1. The number of hydrogen-bond acceptors (Lipinski definition) is 5. The minimum atomic E-state index is -0.192. The number of esters is 1. The van der Waals surface area contributed by atoms with E-state index in [-0.39, 0.29) is 23.4 Å².